The summed E-state index contributed by atoms with van der Waals surface area (Å²) < 4.78 is 17.4. The molecule has 0 saturated carbocycles. The second-order valence-corrected chi connectivity index (χ2v) is 6.14. The van der Waals surface area contributed by atoms with Crippen LogP contribution in [0.25, 0.3) is 0 Å². The van der Waals surface area contributed by atoms with Crippen molar-refractivity contribution in [3.05, 3.63) is 71.8 Å². The highest BCUT2D eigenvalue weighted by Crippen LogP contribution is 2.26. The first kappa shape index (κ1) is 18.0. The first-order valence-electron chi connectivity index (χ1n) is 8.51. The summed E-state index contributed by atoms with van der Waals surface area (Å²) in [4.78, 5) is 0. The van der Waals surface area contributed by atoms with Crippen LogP contribution in [0.5, 0.6) is 0 Å². The Bertz CT molecular complexity index is 618. The van der Waals surface area contributed by atoms with Gasteiger partial charge in [-0.05, 0) is 11.1 Å². The number of rotatable bonds is 7. The fourth-order valence-corrected chi connectivity index (χ4v) is 2.98. The summed E-state index contributed by atoms with van der Waals surface area (Å²) in [5.74, 6) is 0. The summed E-state index contributed by atoms with van der Waals surface area (Å²) in [5, 5.41) is 19.5. The van der Waals surface area contributed by atoms with E-state index >= 15 is 0 Å². The maximum atomic E-state index is 9.91. The van der Waals surface area contributed by atoms with Gasteiger partial charge in [0.1, 0.15) is 12.2 Å². The number of aliphatic hydroxyl groups is 2. The Kier molecular flexibility index (Phi) is 6.55. The van der Waals surface area contributed by atoms with E-state index in [9.17, 15) is 10.2 Å². The van der Waals surface area contributed by atoms with E-state index in [4.69, 9.17) is 14.2 Å². The molecule has 0 amide bonds. The van der Waals surface area contributed by atoms with Crippen LogP contribution in [0, 0.1) is 0 Å². The zero-order chi connectivity index (χ0) is 17.5. The minimum atomic E-state index is -0.963. The van der Waals surface area contributed by atoms with E-state index in [0.717, 1.165) is 11.1 Å². The highest BCUT2D eigenvalue weighted by atomic mass is 16.6. The van der Waals surface area contributed by atoms with Gasteiger partial charge in [0.2, 0.25) is 0 Å². The smallest absolute Gasteiger partial charge is 0.157 e. The number of benzene rings is 2. The molecule has 1 saturated heterocycles. The fraction of sp³-hybridized carbons (Fsp3) is 0.400. The van der Waals surface area contributed by atoms with Crippen molar-refractivity contribution in [1.29, 1.82) is 0 Å². The van der Waals surface area contributed by atoms with Gasteiger partial charge in [0.25, 0.3) is 0 Å². The number of hydrogen-bond acceptors (Lipinski definition) is 5. The standard InChI is InChI=1S/C20H24O5/c21-12-18-20(24-14-16-9-5-2-6-10-16)17(11-19(22)25-18)23-13-15-7-3-1-4-8-15/h1-10,17-22H,11-14H2/t17-,18-,19+,20+/m1/s1. The third-order valence-corrected chi connectivity index (χ3v) is 4.27. The monoisotopic (exact) mass is 344 g/mol. The van der Waals surface area contributed by atoms with Crippen molar-refractivity contribution in [2.24, 2.45) is 0 Å². The van der Waals surface area contributed by atoms with Gasteiger partial charge in [0.15, 0.2) is 6.29 Å². The molecule has 2 aromatic carbocycles. The van der Waals surface area contributed by atoms with Crippen molar-refractivity contribution >= 4 is 0 Å². The highest BCUT2D eigenvalue weighted by molar-refractivity contribution is 5.14. The molecule has 5 heteroatoms. The maximum absolute atomic E-state index is 9.91. The first-order chi connectivity index (χ1) is 12.3. The Labute approximate surface area is 147 Å². The van der Waals surface area contributed by atoms with Crippen LogP contribution < -0.4 is 0 Å². The fourth-order valence-electron chi connectivity index (χ4n) is 2.98. The summed E-state index contributed by atoms with van der Waals surface area (Å²) in [5.41, 5.74) is 2.08. The lowest BCUT2D eigenvalue weighted by Crippen LogP contribution is -2.52. The Hall–Kier alpha value is -1.76. The third kappa shape index (κ3) is 5.11. The molecule has 1 aliphatic heterocycles. The molecule has 1 heterocycles. The maximum Gasteiger partial charge on any atom is 0.157 e. The van der Waals surface area contributed by atoms with E-state index in [-0.39, 0.29) is 12.7 Å². The second kappa shape index (κ2) is 9.08. The summed E-state index contributed by atoms with van der Waals surface area (Å²) in [6, 6.07) is 19.6. The van der Waals surface area contributed by atoms with Crippen LogP contribution in [-0.2, 0) is 27.4 Å². The molecule has 5 nitrogen and oxygen atoms in total. The topological polar surface area (TPSA) is 68.2 Å². The summed E-state index contributed by atoms with van der Waals surface area (Å²) in [6.07, 6.45) is -2.08. The van der Waals surface area contributed by atoms with E-state index in [2.05, 4.69) is 0 Å². The molecule has 25 heavy (non-hydrogen) atoms. The SMILES string of the molecule is OC[C@H]1O[C@H](O)C[C@@H](OCc2ccccc2)[C@@H]1OCc1ccccc1. The lowest BCUT2D eigenvalue weighted by Gasteiger charge is -2.39. The summed E-state index contributed by atoms with van der Waals surface area (Å²) >= 11 is 0. The van der Waals surface area contributed by atoms with Crippen LogP contribution in [0.3, 0.4) is 0 Å². The van der Waals surface area contributed by atoms with Gasteiger partial charge in [-0.25, -0.2) is 0 Å². The zero-order valence-electron chi connectivity index (χ0n) is 14.0. The van der Waals surface area contributed by atoms with Crippen LogP contribution in [0.1, 0.15) is 17.5 Å². The van der Waals surface area contributed by atoms with E-state index in [1.807, 2.05) is 60.7 Å². The molecule has 0 radical (unpaired) electrons. The van der Waals surface area contributed by atoms with E-state index in [0.29, 0.717) is 19.6 Å². The Morgan fingerprint density at radius 1 is 0.880 bits per heavy atom. The van der Waals surface area contributed by atoms with Crippen LogP contribution >= 0.6 is 0 Å². The lowest BCUT2D eigenvalue weighted by atomic mass is 10.0. The zero-order valence-corrected chi connectivity index (χ0v) is 14.0. The molecule has 1 aliphatic rings. The summed E-state index contributed by atoms with van der Waals surface area (Å²) in [7, 11) is 0. The molecular weight excluding hydrogens is 320 g/mol. The molecule has 0 aliphatic carbocycles. The Morgan fingerprint density at radius 3 is 2.00 bits per heavy atom. The van der Waals surface area contributed by atoms with E-state index < -0.39 is 18.5 Å². The molecule has 0 bridgehead atoms. The molecule has 2 N–H and O–H groups in total. The number of hydrogen-bond donors (Lipinski definition) is 2. The second-order valence-electron chi connectivity index (χ2n) is 6.14. The minimum Gasteiger partial charge on any atom is -0.394 e. The average molecular weight is 344 g/mol. The van der Waals surface area contributed by atoms with Gasteiger partial charge in [0.05, 0.1) is 25.9 Å². The van der Waals surface area contributed by atoms with Crippen molar-refractivity contribution in [3.8, 4) is 0 Å². The van der Waals surface area contributed by atoms with Crippen molar-refractivity contribution < 1.29 is 24.4 Å². The number of ether oxygens (including phenoxy) is 3. The van der Waals surface area contributed by atoms with Crippen LogP contribution in [0.4, 0.5) is 0 Å². The van der Waals surface area contributed by atoms with E-state index in [1.165, 1.54) is 0 Å². The Balaban J connectivity index is 1.65. The largest absolute Gasteiger partial charge is 0.394 e. The molecule has 134 valence electrons. The highest BCUT2D eigenvalue weighted by Gasteiger charge is 2.39. The minimum absolute atomic E-state index is 0.234. The van der Waals surface area contributed by atoms with Crippen LogP contribution in [-0.4, -0.2) is 41.4 Å². The van der Waals surface area contributed by atoms with Gasteiger partial charge in [-0.1, -0.05) is 60.7 Å². The lowest BCUT2D eigenvalue weighted by molar-refractivity contribution is -0.262. The molecule has 2 aromatic rings. The van der Waals surface area contributed by atoms with Gasteiger partial charge in [0, 0.05) is 6.42 Å². The molecule has 1 fully saturated rings. The van der Waals surface area contributed by atoms with Gasteiger partial charge in [-0.2, -0.15) is 0 Å². The first-order valence-corrected chi connectivity index (χ1v) is 8.51. The van der Waals surface area contributed by atoms with Crippen molar-refractivity contribution in [1.82, 2.24) is 0 Å². The predicted molar refractivity (Wildman–Crippen MR) is 92.6 cm³/mol. The normalized spacial score (nSPS) is 26.5. The molecule has 0 spiro atoms. The van der Waals surface area contributed by atoms with Crippen molar-refractivity contribution in [3.63, 3.8) is 0 Å². The predicted octanol–water partition coefficient (Wildman–Crippen LogP) is 2.26. The van der Waals surface area contributed by atoms with Crippen LogP contribution in [0.15, 0.2) is 60.7 Å². The van der Waals surface area contributed by atoms with Crippen LogP contribution in [0.2, 0.25) is 0 Å². The molecule has 4 atom stereocenters. The average Bonchev–Trinajstić information content (AvgIpc) is 2.66. The number of aliphatic hydroxyl groups excluding tert-OH is 2. The van der Waals surface area contributed by atoms with E-state index in [1.54, 1.807) is 0 Å². The van der Waals surface area contributed by atoms with Crippen molar-refractivity contribution in [2.75, 3.05) is 6.61 Å². The van der Waals surface area contributed by atoms with Crippen molar-refractivity contribution in [2.45, 2.75) is 44.2 Å². The Morgan fingerprint density at radius 2 is 1.44 bits per heavy atom. The van der Waals surface area contributed by atoms with Gasteiger partial charge >= 0.3 is 0 Å². The van der Waals surface area contributed by atoms with Gasteiger partial charge in [-0.3, -0.25) is 0 Å². The molecular formula is C20H24O5. The van der Waals surface area contributed by atoms with Gasteiger partial charge < -0.3 is 24.4 Å². The molecule has 0 aromatic heterocycles. The van der Waals surface area contributed by atoms with Gasteiger partial charge in [-0.15, -0.1) is 0 Å². The molecule has 0 unspecified atom stereocenters. The molecule has 3 rings (SSSR count). The quantitative estimate of drug-likeness (QED) is 0.806. The third-order valence-electron chi connectivity index (χ3n) is 4.27. The summed E-state index contributed by atoms with van der Waals surface area (Å²) in [6.45, 7) is 0.579.